The first-order valence-corrected chi connectivity index (χ1v) is 6.88. The molecule has 0 aromatic heterocycles. The van der Waals surface area contributed by atoms with Crippen LogP contribution in [0.5, 0.6) is 5.75 Å². The van der Waals surface area contributed by atoms with Gasteiger partial charge in [0.1, 0.15) is 5.75 Å². The van der Waals surface area contributed by atoms with Gasteiger partial charge < -0.3 is 10.1 Å². The third kappa shape index (κ3) is 2.47. The molecule has 3 rings (SSSR count). The molecule has 1 aliphatic heterocycles. The van der Waals surface area contributed by atoms with E-state index in [0.29, 0.717) is 5.92 Å². The first kappa shape index (κ1) is 11.1. The minimum atomic E-state index is 0.695. The van der Waals surface area contributed by atoms with Crippen molar-refractivity contribution in [1.29, 1.82) is 0 Å². The van der Waals surface area contributed by atoms with Crippen molar-refractivity contribution in [2.24, 2.45) is 5.92 Å². The molecular weight excluding hydrogens is 210 g/mol. The van der Waals surface area contributed by atoms with Gasteiger partial charge >= 0.3 is 0 Å². The molecule has 1 atom stereocenters. The molecule has 1 fully saturated rings. The Hall–Kier alpha value is -1.02. The largest absolute Gasteiger partial charge is 0.493 e. The first-order chi connectivity index (χ1) is 8.43. The van der Waals surface area contributed by atoms with Crippen molar-refractivity contribution in [3.8, 4) is 5.75 Å². The Bertz CT molecular complexity index is 383. The highest BCUT2D eigenvalue weighted by molar-refractivity contribution is 5.42. The molecule has 1 unspecified atom stereocenters. The first-order valence-electron chi connectivity index (χ1n) is 6.88. The summed E-state index contributed by atoms with van der Waals surface area (Å²) < 4.78 is 6.05. The number of aryl methyl sites for hydroxylation is 1. The van der Waals surface area contributed by atoms with Crippen LogP contribution in [-0.2, 0) is 12.8 Å². The van der Waals surface area contributed by atoms with E-state index in [-0.39, 0.29) is 0 Å². The molecular formula is C15H21NO. The van der Waals surface area contributed by atoms with Crippen LogP contribution >= 0.6 is 0 Å². The van der Waals surface area contributed by atoms with Crippen LogP contribution in [0.1, 0.15) is 30.4 Å². The SMILES string of the molecule is c1cc2c(c(OCC3CCCNC3)c1)CCC2. The fourth-order valence-electron chi connectivity index (χ4n) is 2.99. The number of rotatable bonds is 3. The summed E-state index contributed by atoms with van der Waals surface area (Å²) in [6.45, 7) is 3.18. The van der Waals surface area contributed by atoms with E-state index < -0.39 is 0 Å². The highest BCUT2D eigenvalue weighted by atomic mass is 16.5. The quantitative estimate of drug-likeness (QED) is 0.863. The van der Waals surface area contributed by atoms with Gasteiger partial charge in [-0.2, -0.15) is 0 Å². The molecule has 0 saturated carbocycles. The molecule has 1 heterocycles. The Morgan fingerprint density at radius 1 is 1.24 bits per heavy atom. The average molecular weight is 231 g/mol. The molecule has 17 heavy (non-hydrogen) atoms. The maximum absolute atomic E-state index is 6.05. The fourth-order valence-corrected chi connectivity index (χ4v) is 2.99. The molecule has 2 nitrogen and oxygen atoms in total. The lowest BCUT2D eigenvalue weighted by Gasteiger charge is -2.23. The Labute approximate surface area is 103 Å². The van der Waals surface area contributed by atoms with E-state index in [4.69, 9.17) is 4.74 Å². The topological polar surface area (TPSA) is 21.3 Å². The zero-order valence-electron chi connectivity index (χ0n) is 10.4. The minimum Gasteiger partial charge on any atom is -0.493 e. The third-order valence-electron chi connectivity index (χ3n) is 3.98. The zero-order chi connectivity index (χ0) is 11.5. The Balaban J connectivity index is 1.63. The van der Waals surface area contributed by atoms with E-state index in [1.807, 2.05) is 0 Å². The van der Waals surface area contributed by atoms with Gasteiger partial charge in [0, 0.05) is 12.5 Å². The molecule has 0 radical (unpaired) electrons. The fraction of sp³-hybridized carbons (Fsp3) is 0.600. The van der Waals surface area contributed by atoms with Crippen molar-refractivity contribution in [1.82, 2.24) is 5.32 Å². The second kappa shape index (κ2) is 5.09. The van der Waals surface area contributed by atoms with Crippen LogP contribution in [0.3, 0.4) is 0 Å². The van der Waals surface area contributed by atoms with Crippen molar-refractivity contribution >= 4 is 0 Å². The van der Waals surface area contributed by atoms with E-state index in [2.05, 4.69) is 23.5 Å². The van der Waals surface area contributed by atoms with Gasteiger partial charge in [0.2, 0.25) is 0 Å². The average Bonchev–Trinajstić information content (AvgIpc) is 2.86. The highest BCUT2D eigenvalue weighted by Gasteiger charge is 2.17. The van der Waals surface area contributed by atoms with Crippen LogP contribution in [0.4, 0.5) is 0 Å². The number of ether oxygens (including phenoxy) is 1. The second-order valence-corrected chi connectivity index (χ2v) is 5.27. The van der Waals surface area contributed by atoms with E-state index in [1.54, 1.807) is 0 Å². The molecule has 0 bridgehead atoms. The van der Waals surface area contributed by atoms with Gasteiger partial charge in [-0.1, -0.05) is 12.1 Å². The number of hydrogen-bond acceptors (Lipinski definition) is 2. The summed E-state index contributed by atoms with van der Waals surface area (Å²) >= 11 is 0. The molecule has 1 aliphatic carbocycles. The van der Waals surface area contributed by atoms with Crippen LogP contribution in [0.15, 0.2) is 18.2 Å². The van der Waals surface area contributed by atoms with Crippen LogP contribution in [0, 0.1) is 5.92 Å². The third-order valence-corrected chi connectivity index (χ3v) is 3.98. The summed E-state index contributed by atoms with van der Waals surface area (Å²) in [5.41, 5.74) is 2.97. The molecule has 1 aromatic rings. The van der Waals surface area contributed by atoms with Gasteiger partial charge in [-0.3, -0.25) is 0 Å². The molecule has 1 aromatic carbocycles. The Morgan fingerprint density at radius 2 is 2.24 bits per heavy atom. The standard InChI is InChI=1S/C15H21NO/c1-5-13-6-2-8-15(14(13)7-1)17-11-12-4-3-9-16-10-12/h2,6,8,12,16H,1,3-5,7,9-11H2. The van der Waals surface area contributed by atoms with Gasteiger partial charge in [0.05, 0.1) is 6.61 Å². The summed E-state index contributed by atoms with van der Waals surface area (Å²) in [5, 5.41) is 3.44. The summed E-state index contributed by atoms with van der Waals surface area (Å²) in [6.07, 6.45) is 6.33. The molecule has 92 valence electrons. The van der Waals surface area contributed by atoms with Crippen molar-refractivity contribution in [3.63, 3.8) is 0 Å². The summed E-state index contributed by atoms with van der Waals surface area (Å²) in [4.78, 5) is 0. The van der Waals surface area contributed by atoms with Crippen LogP contribution in [0.25, 0.3) is 0 Å². The number of benzene rings is 1. The predicted octanol–water partition coefficient (Wildman–Crippen LogP) is 2.55. The number of piperidine rings is 1. The summed E-state index contributed by atoms with van der Waals surface area (Å²) in [5.74, 6) is 1.84. The second-order valence-electron chi connectivity index (χ2n) is 5.27. The molecule has 1 saturated heterocycles. The molecule has 0 amide bonds. The van der Waals surface area contributed by atoms with E-state index in [1.165, 1.54) is 49.8 Å². The van der Waals surface area contributed by atoms with Gasteiger partial charge in [-0.05, 0) is 55.8 Å². The summed E-state index contributed by atoms with van der Waals surface area (Å²) in [6, 6.07) is 6.52. The van der Waals surface area contributed by atoms with Gasteiger partial charge in [0.25, 0.3) is 0 Å². The van der Waals surface area contributed by atoms with Gasteiger partial charge in [-0.15, -0.1) is 0 Å². The summed E-state index contributed by atoms with van der Waals surface area (Å²) in [7, 11) is 0. The lowest BCUT2D eigenvalue weighted by atomic mass is 10.0. The van der Waals surface area contributed by atoms with E-state index in [9.17, 15) is 0 Å². The van der Waals surface area contributed by atoms with Gasteiger partial charge in [-0.25, -0.2) is 0 Å². The number of hydrogen-bond donors (Lipinski definition) is 1. The van der Waals surface area contributed by atoms with Crippen LogP contribution in [0.2, 0.25) is 0 Å². The molecule has 0 spiro atoms. The van der Waals surface area contributed by atoms with Crippen molar-refractivity contribution in [2.75, 3.05) is 19.7 Å². The minimum absolute atomic E-state index is 0.695. The maximum Gasteiger partial charge on any atom is 0.122 e. The number of fused-ring (bicyclic) bond motifs is 1. The predicted molar refractivity (Wildman–Crippen MR) is 69.6 cm³/mol. The smallest absolute Gasteiger partial charge is 0.122 e. The van der Waals surface area contributed by atoms with Crippen molar-refractivity contribution in [3.05, 3.63) is 29.3 Å². The van der Waals surface area contributed by atoms with Gasteiger partial charge in [0.15, 0.2) is 0 Å². The molecule has 1 N–H and O–H groups in total. The van der Waals surface area contributed by atoms with Crippen molar-refractivity contribution in [2.45, 2.75) is 32.1 Å². The normalized spacial score (nSPS) is 23.4. The Morgan fingerprint density at radius 3 is 3.12 bits per heavy atom. The lowest BCUT2D eigenvalue weighted by Crippen LogP contribution is -2.33. The highest BCUT2D eigenvalue weighted by Crippen LogP contribution is 2.30. The zero-order valence-corrected chi connectivity index (χ0v) is 10.4. The van der Waals surface area contributed by atoms with Crippen molar-refractivity contribution < 1.29 is 4.74 Å². The Kier molecular flexibility index (Phi) is 3.32. The maximum atomic E-state index is 6.05. The molecule has 2 aliphatic rings. The van der Waals surface area contributed by atoms with E-state index >= 15 is 0 Å². The lowest BCUT2D eigenvalue weighted by molar-refractivity contribution is 0.217. The van der Waals surface area contributed by atoms with Crippen LogP contribution in [-0.4, -0.2) is 19.7 Å². The van der Waals surface area contributed by atoms with Crippen LogP contribution < -0.4 is 10.1 Å². The monoisotopic (exact) mass is 231 g/mol. The molecule has 2 heteroatoms. The number of nitrogens with one attached hydrogen (secondary N) is 1. The van der Waals surface area contributed by atoms with E-state index in [0.717, 1.165) is 18.9 Å².